The van der Waals surface area contributed by atoms with Crippen molar-refractivity contribution in [1.29, 1.82) is 0 Å². The van der Waals surface area contributed by atoms with E-state index >= 15 is 0 Å². The second-order valence-corrected chi connectivity index (χ2v) is 5.13. The lowest BCUT2D eigenvalue weighted by Crippen LogP contribution is -2.54. The van der Waals surface area contributed by atoms with Crippen molar-refractivity contribution >= 4 is 11.6 Å². The number of rotatable bonds is 1. The minimum atomic E-state index is 0.301. The Morgan fingerprint density at radius 3 is 2.50 bits per heavy atom. The third-order valence-electron chi connectivity index (χ3n) is 4.15. The van der Waals surface area contributed by atoms with Gasteiger partial charge in [-0.25, -0.2) is 0 Å². The van der Waals surface area contributed by atoms with Gasteiger partial charge in [-0.3, -0.25) is 0 Å². The molecular weight excluding hydrogens is 194 g/mol. The van der Waals surface area contributed by atoms with Crippen molar-refractivity contribution in [3.8, 4) is 0 Å². The van der Waals surface area contributed by atoms with Crippen LogP contribution >= 0.6 is 11.6 Å². The lowest BCUT2D eigenvalue weighted by molar-refractivity contribution is 0.189. The smallest absolute Gasteiger partial charge is 0.0406 e. The molecule has 1 aromatic carbocycles. The van der Waals surface area contributed by atoms with Crippen molar-refractivity contribution in [2.45, 2.75) is 30.7 Å². The van der Waals surface area contributed by atoms with E-state index in [4.69, 9.17) is 17.3 Å². The molecule has 3 unspecified atom stereocenters. The molecule has 1 nitrogen and oxygen atoms in total. The predicted molar refractivity (Wildman–Crippen MR) is 58.4 cm³/mol. The largest absolute Gasteiger partial charge is 0.327 e. The van der Waals surface area contributed by atoms with E-state index in [1.807, 2.05) is 12.1 Å². The number of halogens is 1. The minimum absolute atomic E-state index is 0.301. The number of nitrogens with two attached hydrogens (primary N) is 1. The average molecular weight is 208 g/mol. The summed E-state index contributed by atoms with van der Waals surface area (Å²) in [6, 6.07) is 8.63. The van der Waals surface area contributed by atoms with Gasteiger partial charge in [0, 0.05) is 16.5 Å². The van der Waals surface area contributed by atoms with Gasteiger partial charge in [0.05, 0.1) is 0 Å². The standard InChI is InChI=1S/C12H14ClN/c13-10-3-1-9(2-4-10)12-6-5-8(7-12)11(12)14/h1-4,8,11H,5-7,14H2. The molecule has 2 bridgehead atoms. The summed E-state index contributed by atoms with van der Waals surface area (Å²) in [7, 11) is 0. The van der Waals surface area contributed by atoms with E-state index in [0.717, 1.165) is 10.9 Å². The zero-order valence-corrected chi connectivity index (χ0v) is 8.80. The molecule has 1 aromatic rings. The molecule has 0 saturated heterocycles. The Labute approximate surface area is 89.3 Å². The lowest BCUT2D eigenvalue weighted by atomic mass is 9.62. The first kappa shape index (κ1) is 8.75. The molecule has 0 aromatic heterocycles. The van der Waals surface area contributed by atoms with Crippen molar-refractivity contribution in [1.82, 2.24) is 0 Å². The van der Waals surface area contributed by atoms with Gasteiger partial charge >= 0.3 is 0 Å². The van der Waals surface area contributed by atoms with Crippen molar-refractivity contribution in [3.63, 3.8) is 0 Å². The van der Waals surface area contributed by atoms with Crippen molar-refractivity contribution in [2.75, 3.05) is 0 Å². The molecule has 0 spiro atoms. The summed E-state index contributed by atoms with van der Waals surface area (Å²) in [5.74, 6) is 0.783. The third-order valence-corrected chi connectivity index (χ3v) is 4.40. The molecule has 3 atom stereocenters. The molecule has 3 aliphatic rings. The lowest BCUT2D eigenvalue weighted by Gasteiger charge is -2.46. The fourth-order valence-corrected chi connectivity index (χ4v) is 3.38. The highest BCUT2D eigenvalue weighted by Gasteiger charge is 2.57. The van der Waals surface area contributed by atoms with Crippen LogP contribution in [0, 0.1) is 5.92 Å². The molecule has 74 valence electrons. The van der Waals surface area contributed by atoms with Crippen molar-refractivity contribution < 1.29 is 0 Å². The maximum atomic E-state index is 6.20. The normalized spacial score (nSPS) is 39.6. The number of hydrogen-bond donors (Lipinski definition) is 1. The van der Waals surface area contributed by atoms with Crippen molar-refractivity contribution in [2.24, 2.45) is 11.7 Å². The van der Waals surface area contributed by atoms with Crippen LogP contribution in [0.3, 0.4) is 0 Å². The molecule has 4 rings (SSSR count). The molecule has 3 saturated carbocycles. The monoisotopic (exact) mass is 207 g/mol. The summed E-state index contributed by atoms with van der Waals surface area (Å²) in [6.07, 6.45) is 3.86. The van der Waals surface area contributed by atoms with Crippen LogP contribution in [0.1, 0.15) is 24.8 Å². The second kappa shape index (κ2) is 2.74. The molecular formula is C12H14ClN. The fourth-order valence-electron chi connectivity index (χ4n) is 3.25. The quantitative estimate of drug-likeness (QED) is 0.753. The summed E-state index contributed by atoms with van der Waals surface area (Å²) in [4.78, 5) is 0. The molecule has 0 aliphatic heterocycles. The van der Waals surface area contributed by atoms with Gasteiger partial charge in [0.15, 0.2) is 0 Å². The Morgan fingerprint density at radius 1 is 1.29 bits per heavy atom. The third kappa shape index (κ3) is 0.945. The van der Waals surface area contributed by atoms with Gasteiger partial charge in [-0.05, 0) is 42.9 Å². The molecule has 3 fully saturated rings. The zero-order valence-electron chi connectivity index (χ0n) is 8.04. The van der Waals surface area contributed by atoms with E-state index in [-0.39, 0.29) is 0 Å². The van der Waals surface area contributed by atoms with Crippen LogP contribution in [0.25, 0.3) is 0 Å². The van der Waals surface area contributed by atoms with E-state index < -0.39 is 0 Å². The summed E-state index contributed by atoms with van der Waals surface area (Å²) >= 11 is 5.88. The van der Waals surface area contributed by atoms with Crippen molar-refractivity contribution in [3.05, 3.63) is 34.9 Å². The van der Waals surface area contributed by atoms with Crippen LogP contribution < -0.4 is 5.73 Å². The van der Waals surface area contributed by atoms with Gasteiger partial charge in [-0.2, -0.15) is 0 Å². The van der Waals surface area contributed by atoms with Gasteiger partial charge in [0.2, 0.25) is 0 Å². The van der Waals surface area contributed by atoms with Crippen LogP contribution in [0.15, 0.2) is 24.3 Å². The first-order chi connectivity index (χ1) is 6.72. The Hall–Kier alpha value is -0.530. The van der Waals surface area contributed by atoms with Gasteiger partial charge in [0.1, 0.15) is 0 Å². The first-order valence-corrected chi connectivity index (χ1v) is 5.62. The highest BCUT2D eigenvalue weighted by molar-refractivity contribution is 6.30. The Bertz CT molecular complexity index is 355. The van der Waals surface area contributed by atoms with Gasteiger partial charge in [-0.15, -0.1) is 0 Å². The zero-order chi connectivity index (χ0) is 9.76. The Kier molecular flexibility index (Phi) is 1.71. The fraction of sp³-hybridized carbons (Fsp3) is 0.500. The van der Waals surface area contributed by atoms with Gasteiger partial charge < -0.3 is 5.73 Å². The maximum Gasteiger partial charge on any atom is 0.0406 e. The Morgan fingerprint density at radius 2 is 2.00 bits per heavy atom. The predicted octanol–water partition coefficient (Wildman–Crippen LogP) is 2.72. The van der Waals surface area contributed by atoms with E-state index in [1.165, 1.54) is 24.8 Å². The maximum absolute atomic E-state index is 6.20. The molecule has 0 heterocycles. The number of fused-ring (bicyclic) bond motifs is 1. The highest BCUT2D eigenvalue weighted by atomic mass is 35.5. The van der Waals surface area contributed by atoms with Crippen LogP contribution in [0.4, 0.5) is 0 Å². The summed E-state index contributed by atoms with van der Waals surface area (Å²) in [5, 5.41) is 0.813. The van der Waals surface area contributed by atoms with Crippen LogP contribution in [0.2, 0.25) is 5.02 Å². The summed E-state index contributed by atoms with van der Waals surface area (Å²) < 4.78 is 0. The van der Waals surface area contributed by atoms with Gasteiger partial charge in [0.25, 0.3) is 0 Å². The molecule has 0 amide bonds. The summed E-state index contributed by atoms with van der Waals surface area (Å²) in [6.45, 7) is 0. The average Bonchev–Trinajstić information content (AvgIpc) is 2.76. The molecule has 0 radical (unpaired) electrons. The van der Waals surface area contributed by atoms with Gasteiger partial charge in [-0.1, -0.05) is 23.7 Å². The van der Waals surface area contributed by atoms with Crippen LogP contribution in [0.5, 0.6) is 0 Å². The molecule has 3 aliphatic carbocycles. The topological polar surface area (TPSA) is 26.0 Å². The SMILES string of the molecule is NC1C2CCC1(c1ccc(Cl)cc1)C2. The summed E-state index contributed by atoms with van der Waals surface area (Å²) in [5.41, 5.74) is 7.89. The second-order valence-electron chi connectivity index (χ2n) is 4.69. The Balaban J connectivity index is 1.99. The molecule has 2 N–H and O–H groups in total. The van der Waals surface area contributed by atoms with Crippen LogP contribution in [-0.4, -0.2) is 6.04 Å². The molecule has 2 heteroatoms. The highest BCUT2D eigenvalue weighted by Crippen LogP contribution is 2.58. The number of hydrogen-bond acceptors (Lipinski definition) is 1. The van der Waals surface area contributed by atoms with E-state index in [0.29, 0.717) is 11.5 Å². The van der Waals surface area contributed by atoms with E-state index in [2.05, 4.69) is 12.1 Å². The number of benzene rings is 1. The van der Waals surface area contributed by atoms with Crippen LogP contribution in [-0.2, 0) is 5.41 Å². The first-order valence-electron chi connectivity index (χ1n) is 5.24. The van der Waals surface area contributed by atoms with E-state index in [1.54, 1.807) is 0 Å². The minimum Gasteiger partial charge on any atom is -0.327 e. The molecule has 14 heavy (non-hydrogen) atoms. The van der Waals surface area contributed by atoms with E-state index in [9.17, 15) is 0 Å².